The summed E-state index contributed by atoms with van der Waals surface area (Å²) in [6.45, 7) is 0.520. The molecule has 0 heterocycles. The summed E-state index contributed by atoms with van der Waals surface area (Å²) in [4.78, 5) is 0. The Bertz CT molecular complexity index is 395. The zero-order valence-electron chi connectivity index (χ0n) is 10.8. The molecular weight excluding hydrogens is 230 g/mol. The zero-order valence-corrected chi connectivity index (χ0v) is 10.8. The molecule has 2 atom stereocenters. The Morgan fingerprint density at radius 3 is 3.06 bits per heavy atom. The van der Waals surface area contributed by atoms with Gasteiger partial charge in [-0.1, -0.05) is 6.07 Å². The summed E-state index contributed by atoms with van der Waals surface area (Å²) >= 11 is 0. The van der Waals surface area contributed by atoms with E-state index >= 15 is 0 Å². The molecule has 4 nitrogen and oxygen atoms in total. The van der Waals surface area contributed by atoms with Crippen molar-refractivity contribution in [3.8, 4) is 5.75 Å². The number of hydrogen-bond acceptors (Lipinski definition) is 4. The molecule has 1 aliphatic rings. The third kappa shape index (κ3) is 3.22. The first-order valence-corrected chi connectivity index (χ1v) is 6.39. The van der Waals surface area contributed by atoms with Crippen LogP contribution in [0.15, 0.2) is 18.2 Å². The highest BCUT2D eigenvalue weighted by Crippen LogP contribution is 2.30. The third-order valence-corrected chi connectivity index (χ3v) is 3.28. The van der Waals surface area contributed by atoms with Gasteiger partial charge in [0, 0.05) is 13.2 Å². The van der Waals surface area contributed by atoms with Crippen LogP contribution in [-0.2, 0) is 11.2 Å². The van der Waals surface area contributed by atoms with Crippen molar-refractivity contribution in [3.05, 3.63) is 29.3 Å². The van der Waals surface area contributed by atoms with Gasteiger partial charge < -0.3 is 20.3 Å². The lowest BCUT2D eigenvalue weighted by molar-refractivity contribution is 0.0325. The lowest BCUT2D eigenvalue weighted by atomic mass is 9.88. The maximum absolute atomic E-state index is 9.53. The molecule has 0 amide bonds. The molecule has 1 aliphatic carbocycles. The lowest BCUT2D eigenvalue weighted by Gasteiger charge is -2.23. The van der Waals surface area contributed by atoms with E-state index in [0.717, 1.165) is 25.0 Å². The van der Waals surface area contributed by atoms with Gasteiger partial charge in [0.05, 0.1) is 6.61 Å². The highest BCUT2D eigenvalue weighted by Gasteiger charge is 2.17. The first kappa shape index (κ1) is 13.3. The van der Waals surface area contributed by atoms with E-state index in [1.807, 2.05) is 12.1 Å². The lowest BCUT2D eigenvalue weighted by Crippen LogP contribution is -2.23. The minimum atomic E-state index is -0.597. The molecule has 1 unspecified atom stereocenters. The summed E-state index contributed by atoms with van der Waals surface area (Å²) in [5.74, 6) is 0.765. The van der Waals surface area contributed by atoms with Gasteiger partial charge in [-0.05, 0) is 42.5 Å². The van der Waals surface area contributed by atoms with Gasteiger partial charge in [0.15, 0.2) is 0 Å². The van der Waals surface area contributed by atoms with Crippen LogP contribution in [0.2, 0.25) is 0 Å². The Labute approximate surface area is 108 Å². The fourth-order valence-corrected chi connectivity index (χ4v) is 2.34. The van der Waals surface area contributed by atoms with Crippen molar-refractivity contribution in [1.29, 1.82) is 0 Å². The van der Waals surface area contributed by atoms with E-state index in [9.17, 15) is 5.11 Å². The average molecular weight is 251 g/mol. The number of nitrogens with two attached hydrogens (primary N) is 1. The number of methoxy groups -OCH3 is 1. The van der Waals surface area contributed by atoms with Gasteiger partial charge in [-0.2, -0.15) is 0 Å². The van der Waals surface area contributed by atoms with Gasteiger partial charge in [-0.15, -0.1) is 0 Å². The molecule has 0 spiro atoms. The molecule has 100 valence electrons. The Kier molecular flexibility index (Phi) is 4.58. The fraction of sp³-hybridized carbons (Fsp3) is 0.571. The van der Waals surface area contributed by atoms with Gasteiger partial charge in [-0.25, -0.2) is 0 Å². The Morgan fingerprint density at radius 1 is 1.44 bits per heavy atom. The SMILES string of the molecule is COCC(O)COc1ccc2c(c1)[C@H](N)CCC2. The normalized spacial score (nSPS) is 20.3. The maximum atomic E-state index is 9.53. The van der Waals surface area contributed by atoms with E-state index < -0.39 is 6.10 Å². The van der Waals surface area contributed by atoms with Crippen molar-refractivity contribution in [2.24, 2.45) is 5.73 Å². The van der Waals surface area contributed by atoms with Crippen LogP contribution < -0.4 is 10.5 Å². The highest BCUT2D eigenvalue weighted by molar-refractivity contribution is 5.39. The number of aliphatic hydroxyl groups excluding tert-OH is 1. The Balaban J connectivity index is 2.00. The van der Waals surface area contributed by atoms with Crippen molar-refractivity contribution in [1.82, 2.24) is 0 Å². The van der Waals surface area contributed by atoms with Gasteiger partial charge >= 0.3 is 0 Å². The summed E-state index contributed by atoms with van der Waals surface area (Å²) in [6.07, 6.45) is 2.68. The molecule has 0 radical (unpaired) electrons. The number of hydrogen-bond donors (Lipinski definition) is 2. The molecule has 0 saturated carbocycles. The van der Waals surface area contributed by atoms with Crippen molar-refractivity contribution < 1.29 is 14.6 Å². The second-order valence-electron chi connectivity index (χ2n) is 4.78. The minimum absolute atomic E-state index is 0.112. The molecule has 1 aromatic rings. The second-order valence-corrected chi connectivity index (χ2v) is 4.78. The largest absolute Gasteiger partial charge is 0.491 e. The van der Waals surface area contributed by atoms with Gasteiger partial charge in [0.25, 0.3) is 0 Å². The molecule has 0 aliphatic heterocycles. The highest BCUT2D eigenvalue weighted by atomic mass is 16.5. The number of rotatable bonds is 5. The standard InChI is InChI=1S/C14H21NO3/c1-17-8-11(16)9-18-12-6-5-10-3-2-4-14(15)13(10)7-12/h5-7,11,14,16H,2-4,8-9,15H2,1H3/t11?,14-/m1/s1. The number of aryl methyl sites for hydroxylation is 1. The Hall–Kier alpha value is -1.10. The minimum Gasteiger partial charge on any atom is -0.491 e. The number of benzene rings is 1. The van der Waals surface area contributed by atoms with Crippen molar-refractivity contribution >= 4 is 0 Å². The number of fused-ring (bicyclic) bond motifs is 1. The molecule has 2 rings (SSSR count). The van der Waals surface area contributed by atoms with Crippen LogP contribution in [-0.4, -0.2) is 31.5 Å². The molecule has 0 aromatic heterocycles. The van der Waals surface area contributed by atoms with Crippen molar-refractivity contribution in [2.75, 3.05) is 20.3 Å². The van der Waals surface area contributed by atoms with E-state index in [4.69, 9.17) is 15.2 Å². The molecule has 0 saturated heterocycles. The van der Waals surface area contributed by atoms with E-state index in [-0.39, 0.29) is 19.3 Å². The van der Waals surface area contributed by atoms with Gasteiger partial charge in [0.1, 0.15) is 18.5 Å². The monoisotopic (exact) mass is 251 g/mol. The molecule has 0 bridgehead atoms. The van der Waals surface area contributed by atoms with Crippen LogP contribution in [0, 0.1) is 0 Å². The first-order chi connectivity index (χ1) is 8.70. The summed E-state index contributed by atoms with van der Waals surface area (Å²) < 4.78 is 10.4. The van der Waals surface area contributed by atoms with Crippen LogP contribution in [0.5, 0.6) is 5.75 Å². The number of ether oxygens (including phenoxy) is 2. The van der Waals surface area contributed by atoms with Crippen LogP contribution >= 0.6 is 0 Å². The Morgan fingerprint density at radius 2 is 2.28 bits per heavy atom. The fourth-order valence-electron chi connectivity index (χ4n) is 2.34. The summed E-state index contributed by atoms with van der Waals surface area (Å²) in [5, 5.41) is 9.53. The smallest absolute Gasteiger partial charge is 0.119 e. The van der Waals surface area contributed by atoms with E-state index in [1.165, 1.54) is 11.1 Å². The van der Waals surface area contributed by atoms with Crippen LogP contribution in [0.25, 0.3) is 0 Å². The number of aliphatic hydroxyl groups is 1. The predicted molar refractivity (Wildman–Crippen MR) is 69.7 cm³/mol. The van der Waals surface area contributed by atoms with Crippen LogP contribution in [0.3, 0.4) is 0 Å². The van der Waals surface area contributed by atoms with E-state index in [1.54, 1.807) is 7.11 Å². The molecule has 0 fully saturated rings. The quantitative estimate of drug-likeness (QED) is 0.830. The molecular formula is C14H21NO3. The van der Waals surface area contributed by atoms with Crippen LogP contribution in [0.4, 0.5) is 0 Å². The first-order valence-electron chi connectivity index (χ1n) is 6.39. The summed E-state index contributed by atoms with van der Waals surface area (Å²) in [5.41, 5.74) is 8.59. The van der Waals surface area contributed by atoms with Gasteiger partial charge in [0.2, 0.25) is 0 Å². The zero-order chi connectivity index (χ0) is 13.0. The van der Waals surface area contributed by atoms with Crippen LogP contribution in [0.1, 0.15) is 30.0 Å². The second kappa shape index (κ2) is 6.18. The molecule has 1 aromatic carbocycles. The molecule has 4 heteroatoms. The summed E-state index contributed by atoms with van der Waals surface area (Å²) in [7, 11) is 1.56. The average Bonchev–Trinajstić information content (AvgIpc) is 2.37. The topological polar surface area (TPSA) is 64.7 Å². The summed E-state index contributed by atoms with van der Waals surface area (Å²) in [6, 6.07) is 6.13. The predicted octanol–water partition coefficient (Wildman–Crippen LogP) is 1.41. The third-order valence-electron chi connectivity index (χ3n) is 3.28. The maximum Gasteiger partial charge on any atom is 0.119 e. The van der Waals surface area contributed by atoms with Crippen molar-refractivity contribution in [3.63, 3.8) is 0 Å². The molecule has 18 heavy (non-hydrogen) atoms. The van der Waals surface area contributed by atoms with E-state index in [0.29, 0.717) is 0 Å². The molecule has 3 N–H and O–H groups in total. The van der Waals surface area contributed by atoms with Crippen molar-refractivity contribution in [2.45, 2.75) is 31.4 Å². The van der Waals surface area contributed by atoms with Gasteiger partial charge in [-0.3, -0.25) is 0 Å². The van der Waals surface area contributed by atoms with E-state index in [2.05, 4.69) is 6.07 Å².